The molecule has 1 rings (SSSR count). The summed E-state index contributed by atoms with van der Waals surface area (Å²) in [6.45, 7) is 3.93. The van der Waals surface area contributed by atoms with E-state index in [4.69, 9.17) is 0 Å². The molecule has 0 bridgehead atoms. The zero-order valence-electron chi connectivity index (χ0n) is 8.96. The van der Waals surface area contributed by atoms with Gasteiger partial charge in [0, 0.05) is 19.5 Å². The van der Waals surface area contributed by atoms with Crippen LogP contribution in [-0.2, 0) is 6.54 Å². The molecule has 0 heterocycles. The first-order valence-electron chi connectivity index (χ1n) is 4.95. The van der Waals surface area contributed by atoms with Gasteiger partial charge in [-0.15, -0.1) is 11.8 Å². The molecule has 1 nitrogen and oxygen atoms in total. The maximum Gasteiger partial charge on any atom is 0.0231 e. The highest BCUT2D eigenvalue weighted by molar-refractivity contribution is 5.14. The van der Waals surface area contributed by atoms with Crippen molar-refractivity contribution in [2.45, 2.75) is 19.9 Å². The molecule has 0 aliphatic carbocycles. The molecule has 0 fully saturated rings. The van der Waals surface area contributed by atoms with Crippen LogP contribution in [0.4, 0.5) is 0 Å². The molecule has 0 amide bonds. The molecule has 1 heteroatoms. The summed E-state index contributed by atoms with van der Waals surface area (Å²) in [4.78, 5) is 2.29. The molecule has 0 aliphatic rings. The monoisotopic (exact) mass is 187 g/mol. The summed E-state index contributed by atoms with van der Waals surface area (Å²) in [5, 5.41) is 0. The van der Waals surface area contributed by atoms with E-state index >= 15 is 0 Å². The Morgan fingerprint density at radius 2 is 1.93 bits per heavy atom. The normalized spacial score (nSPS) is 9.64. The van der Waals surface area contributed by atoms with Crippen molar-refractivity contribution in [3.63, 3.8) is 0 Å². The molecular formula is C13H17N. The summed E-state index contributed by atoms with van der Waals surface area (Å²) >= 11 is 0. The van der Waals surface area contributed by atoms with Crippen LogP contribution in [0.3, 0.4) is 0 Å². The maximum atomic E-state index is 3.07. The van der Waals surface area contributed by atoms with E-state index in [1.165, 1.54) is 5.56 Å². The van der Waals surface area contributed by atoms with E-state index in [1.54, 1.807) is 0 Å². The molecule has 0 aromatic heterocycles. The molecule has 1 aromatic rings. The molecule has 0 saturated heterocycles. The second kappa shape index (κ2) is 6.23. The smallest absolute Gasteiger partial charge is 0.0231 e. The second-order valence-electron chi connectivity index (χ2n) is 3.40. The molecule has 0 radical (unpaired) electrons. The lowest BCUT2D eigenvalue weighted by atomic mass is 10.2. The van der Waals surface area contributed by atoms with Crippen LogP contribution in [-0.4, -0.2) is 18.5 Å². The Morgan fingerprint density at radius 3 is 2.57 bits per heavy atom. The fourth-order valence-corrected chi connectivity index (χ4v) is 1.35. The molecule has 0 aliphatic heterocycles. The van der Waals surface area contributed by atoms with Crippen molar-refractivity contribution in [2.75, 3.05) is 13.6 Å². The van der Waals surface area contributed by atoms with E-state index < -0.39 is 0 Å². The van der Waals surface area contributed by atoms with E-state index in [9.17, 15) is 0 Å². The number of hydrogen-bond acceptors (Lipinski definition) is 1. The molecule has 0 N–H and O–H groups in total. The van der Waals surface area contributed by atoms with Crippen LogP contribution in [0.1, 0.15) is 18.9 Å². The van der Waals surface area contributed by atoms with E-state index in [0.29, 0.717) is 0 Å². The largest absolute Gasteiger partial charge is 0.301 e. The summed E-state index contributed by atoms with van der Waals surface area (Å²) < 4.78 is 0. The van der Waals surface area contributed by atoms with Gasteiger partial charge in [0.25, 0.3) is 0 Å². The van der Waals surface area contributed by atoms with Gasteiger partial charge in [-0.05, 0) is 19.5 Å². The van der Waals surface area contributed by atoms with Crippen molar-refractivity contribution in [1.82, 2.24) is 4.90 Å². The zero-order valence-corrected chi connectivity index (χ0v) is 8.96. The van der Waals surface area contributed by atoms with Crippen LogP contribution in [0.25, 0.3) is 0 Å². The minimum atomic E-state index is 0.958. The highest BCUT2D eigenvalue weighted by atomic mass is 15.1. The molecule has 0 unspecified atom stereocenters. The van der Waals surface area contributed by atoms with Crippen LogP contribution in [0.5, 0.6) is 0 Å². The van der Waals surface area contributed by atoms with Gasteiger partial charge in [0.2, 0.25) is 0 Å². The number of rotatable bonds is 4. The van der Waals surface area contributed by atoms with E-state index in [1.807, 2.05) is 13.0 Å². The maximum absolute atomic E-state index is 3.07. The molecule has 14 heavy (non-hydrogen) atoms. The lowest BCUT2D eigenvalue weighted by Gasteiger charge is -2.14. The average Bonchev–Trinajstić information content (AvgIpc) is 2.20. The van der Waals surface area contributed by atoms with Gasteiger partial charge in [-0.2, -0.15) is 0 Å². The predicted molar refractivity (Wildman–Crippen MR) is 60.8 cm³/mol. The Bertz CT molecular complexity index is 305. The van der Waals surface area contributed by atoms with Crippen molar-refractivity contribution in [3.05, 3.63) is 35.9 Å². The summed E-state index contributed by atoms with van der Waals surface area (Å²) in [7, 11) is 2.13. The van der Waals surface area contributed by atoms with Gasteiger partial charge in [0.05, 0.1) is 0 Å². The quantitative estimate of drug-likeness (QED) is 0.655. The third kappa shape index (κ3) is 4.11. The summed E-state index contributed by atoms with van der Waals surface area (Å²) in [5.41, 5.74) is 1.36. The summed E-state index contributed by atoms with van der Waals surface area (Å²) in [6, 6.07) is 10.5. The van der Waals surface area contributed by atoms with Gasteiger partial charge in [-0.25, -0.2) is 0 Å². The van der Waals surface area contributed by atoms with Gasteiger partial charge in [0.1, 0.15) is 0 Å². The van der Waals surface area contributed by atoms with E-state index in [-0.39, 0.29) is 0 Å². The molecule has 0 saturated carbocycles. The predicted octanol–water partition coefficient (Wildman–Crippen LogP) is 2.53. The standard InChI is InChI=1S/C13H17N/c1-3-4-8-11-14(2)12-13-9-6-5-7-10-13/h5-7,9-10H,8,11-12H2,1-2H3. The summed E-state index contributed by atoms with van der Waals surface area (Å²) in [6.07, 6.45) is 0.958. The molecular weight excluding hydrogens is 170 g/mol. The average molecular weight is 187 g/mol. The molecule has 0 spiro atoms. The van der Waals surface area contributed by atoms with Gasteiger partial charge >= 0.3 is 0 Å². The molecule has 0 atom stereocenters. The van der Waals surface area contributed by atoms with E-state index in [0.717, 1.165) is 19.5 Å². The van der Waals surface area contributed by atoms with Gasteiger partial charge in [-0.3, -0.25) is 0 Å². The Hall–Kier alpha value is -1.26. The lowest BCUT2D eigenvalue weighted by Crippen LogP contribution is -2.18. The fourth-order valence-electron chi connectivity index (χ4n) is 1.35. The first-order chi connectivity index (χ1) is 6.83. The molecule has 74 valence electrons. The number of nitrogens with zero attached hydrogens (tertiary/aromatic N) is 1. The SMILES string of the molecule is CC#CCCN(C)Cc1ccccc1. The molecule has 1 aromatic carbocycles. The number of benzene rings is 1. The van der Waals surface area contributed by atoms with Crippen molar-refractivity contribution < 1.29 is 0 Å². The Kier molecular flexibility index (Phi) is 4.82. The topological polar surface area (TPSA) is 3.24 Å². The lowest BCUT2D eigenvalue weighted by molar-refractivity contribution is 0.335. The van der Waals surface area contributed by atoms with Crippen molar-refractivity contribution in [1.29, 1.82) is 0 Å². The van der Waals surface area contributed by atoms with Crippen LogP contribution >= 0.6 is 0 Å². The Labute approximate surface area is 86.7 Å². The summed E-state index contributed by atoms with van der Waals surface area (Å²) in [5.74, 6) is 5.98. The van der Waals surface area contributed by atoms with Crippen LogP contribution < -0.4 is 0 Å². The highest BCUT2D eigenvalue weighted by Crippen LogP contribution is 2.02. The van der Waals surface area contributed by atoms with Crippen LogP contribution in [0, 0.1) is 11.8 Å². The minimum absolute atomic E-state index is 0.958. The second-order valence-corrected chi connectivity index (χ2v) is 3.40. The minimum Gasteiger partial charge on any atom is -0.301 e. The van der Waals surface area contributed by atoms with Crippen LogP contribution in [0.15, 0.2) is 30.3 Å². The van der Waals surface area contributed by atoms with Gasteiger partial charge in [-0.1, -0.05) is 30.3 Å². The van der Waals surface area contributed by atoms with Crippen molar-refractivity contribution in [2.24, 2.45) is 0 Å². The van der Waals surface area contributed by atoms with Crippen LogP contribution in [0.2, 0.25) is 0 Å². The first-order valence-corrected chi connectivity index (χ1v) is 4.95. The van der Waals surface area contributed by atoms with Gasteiger partial charge in [0.15, 0.2) is 0 Å². The first kappa shape index (κ1) is 10.8. The van der Waals surface area contributed by atoms with Crippen molar-refractivity contribution >= 4 is 0 Å². The zero-order chi connectivity index (χ0) is 10.2. The number of hydrogen-bond donors (Lipinski definition) is 0. The fraction of sp³-hybridized carbons (Fsp3) is 0.385. The van der Waals surface area contributed by atoms with Crippen molar-refractivity contribution in [3.8, 4) is 11.8 Å². The van der Waals surface area contributed by atoms with E-state index in [2.05, 4.69) is 48.1 Å². The third-order valence-corrected chi connectivity index (χ3v) is 2.09. The Balaban J connectivity index is 2.33. The third-order valence-electron chi connectivity index (χ3n) is 2.09. The Morgan fingerprint density at radius 1 is 1.21 bits per heavy atom. The van der Waals surface area contributed by atoms with Gasteiger partial charge < -0.3 is 4.90 Å². The highest BCUT2D eigenvalue weighted by Gasteiger charge is 1.97.